The van der Waals surface area contributed by atoms with Crippen LogP contribution < -0.4 is 4.74 Å². The number of rotatable bonds is 1. The summed E-state index contributed by atoms with van der Waals surface area (Å²) in [6.45, 7) is 1.21. The first kappa shape index (κ1) is 18.1. The van der Waals surface area contributed by atoms with E-state index in [1.807, 2.05) is 59.2 Å². The van der Waals surface area contributed by atoms with Crippen LogP contribution >= 0.6 is 0 Å². The van der Waals surface area contributed by atoms with Crippen molar-refractivity contribution < 1.29 is 9.53 Å². The van der Waals surface area contributed by atoms with Crippen molar-refractivity contribution in [3.8, 4) is 17.0 Å². The minimum absolute atomic E-state index is 0.0106. The van der Waals surface area contributed by atoms with E-state index in [4.69, 9.17) is 4.74 Å². The first-order valence-corrected chi connectivity index (χ1v) is 10.5. The quantitative estimate of drug-likeness (QED) is 0.479. The fraction of sp³-hybridized carbons (Fsp3) is 0.250. The van der Waals surface area contributed by atoms with Crippen LogP contribution in [0.25, 0.3) is 22.3 Å². The van der Waals surface area contributed by atoms with Crippen molar-refractivity contribution in [1.82, 2.24) is 24.6 Å². The molecule has 0 bridgehead atoms. The van der Waals surface area contributed by atoms with Crippen LogP contribution in [0.1, 0.15) is 28.8 Å². The smallest absolute Gasteiger partial charge is 0.256 e. The van der Waals surface area contributed by atoms with E-state index in [2.05, 4.69) is 21.1 Å². The molecule has 7 nitrogen and oxygen atoms in total. The van der Waals surface area contributed by atoms with E-state index in [0.717, 1.165) is 28.1 Å². The third-order valence-electron chi connectivity index (χ3n) is 6.46. The molecule has 4 heterocycles. The van der Waals surface area contributed by atoms with Gasteiger partial charge in [0.1, 0.15) is 16.9 Å². The second-order valence-corrected chi connectivity index (χ2v) is 8.14. The zero-order valence-corrected chi connectivity index (χ0v) is 17.2. The number of hydrogen-bond acceptors (Lipinski definition) is 5. The Morgan fingerprint density at radius 2 is 1.84 bits per heavy atom. The third kappa shape index (κ3) is 2.66. The Balaban J connectivity index is 1.31. The molecule has 0 aliphatic carbocycles. The van der Waals surface area contributed by atoms with Gasteiger partial charge in [0.05, 0.1) is 23.0 Å². The Hall–Kier alpha value is -3.74. The van der Waals surface area contributed by atoms with Crippen LogP contribution in [0.3, 0.4) is 0 Å². The lowest BCUT2D eigenvalue weighted by Crippen LogP contribution is -2.49. The van der Waals surface area contributed by atoms with Gasteiger partial charge in [-0.1, -0.05) is 18.2 Å². The van der Waals surface area contributed by atoms with Crippen molar-refractivity contribution in [2.45, 2.75) is 18.4 Å². The molecule has 154 valence electrons. The van der Waals surface area contributed by atoms with Crippen LogP contribution in [0.15, 0.2) is 61.1 Å². The van der Waals surface area contributed by atoms with Gasteiger partial charge in [0, 0.05) is 56.5 Å². The molecule has 0 N–H and O–H groups in total. The molecule has 0 saturated carbocycles. The molecule has 1 saturated heterocycles. The number of hydrogen-bond donors (Lipinski definition) is 0. The summed E-state index contributed by atoms with van der Waals surface area (Å²) in [6.07, 6.45) is 6.61. The predicted molar refractivity (Wildman–Crippen MR) is 116 cm³/mol. The van der Waals surface area contributed by atoms with Crippen LogP contribution in [0.4, 0.5) is 0 Å². The molecule has 0 atom stereocenters. The predicted octanol–water partition coefficient (Wildman–Crippen LogP) is 3.55. The zero-order valence-electron chi connectivity index (χ0n) is 17.2. The van der Waals surface area contributed by atoms with Gasteiger partial charge in [-0.25, -0.2) is 0 Å². The number of ether oxygens (including phenoxy) is 1. The van der Waals surface area contributed by atoms with Gasteiger partial charge in [-0.15, -0.1) is 0 Å². The number of para-hydroxylation sites is 2. The molecule has 2 aromatic heterocycles. The molecule has 6 rings (SSSR count). The first-order valence-electron chi connectivity index (χ1n) is 10.5. The lowest BCUT2D eigenvalue weighted by Gasteiger charge is -2.44. The Morgan fingerprint density at radius 1 is 1.03 bits per heavy atom. The number of fused-ring (bicyclic) bond motifs is 5. The summed E-state index contributed by atoms with van der Waals surface area (Å²) in [5, 5.41) is 4.52. The van der Waals surface area contributed by atoms with Crippen LogP contribution in [0.2, 0.25) is 0 Å². The summed E-state index contributed by atoms with van der Waals surface area (Å²) < 4.78 is 8.51. The van der Waals surface area contributed by atoms with E-state index < -0.39 is 5.60 Å². The Kier molecular flexibility index (Phi) is 3.86. The topological polar surface area (TPSA) is 73.1 Å². The highest BCUT2D eigenvalue weighted by molar-refractivity contribution is 6.04. The summed E-state index contributed by atoms with van der Waals surface area (Å²) in [5.41, 5.74) is 4.78. The molecular formula is C24H21N5O2. The zero-order chi connectivity index (χ0) is 21.0. The highest BCUT2D eigenvalue weighted by Gasteiger charge is 2.46. The van der Waals surface area contributed by atoms with Crippen molar-refractivity contribution in [3.63, 3.8) is 0 Å². The highest BCUT2D eigenvalue weighted by atomic mass is 16.5. The normalized spacial score (nSPS) is 16.6. The summed E-state index contributed by atoms with van der Waals surface area (Å²) in [6, 6.07) is 13.7. The lowest BCUT2D eigenvalue weighted by atomic mass is 9.81. The monoisotopic (exact) mass is 411 g/mol. The second kappa shape index (κ2) is 6.63. The van der Waals surface area contributed by atoms with Crippen molar-refractivity contribution in [1.29, 1.82) is 0 Å². The van der Waals surface area contributed by atoms with E-state index in [-0.39, 0.29) is 5.91 Å². The van der Waals surface area contributed by atoms with Crippen LogP contribution in [-0.2, 0) is 12.6 Å². The number of benzene rings is 2. The molecule has 2 aromatic carbocycles. The van der Waals surface area contributed by atoms with Gasteiger partial charge in [-0.05, 0) is 24.3 Å². The molecule has 1 spiro atoms. The number of piperidine rings is 1. The summed E-state index contributed by atoms with van der Waals surface area (Å²) in [7, 11) is 1.97. The average Bonchev–Trinajstić information content (AvgIpc) is 3.22. The van der Waals surface area contributed by atoms with Crippen LogP contribution in [0, 0.1) is 0 Å². The van der Waals surface area contributed by atoms with Crippen LogP contribution in [0.5, 0.6) is 5.75 Å². The van der Waals surface area contributed by atoms with Gasteiger partial charge in [0.15, 0.2) is 0 Å². The Bertz CT molecular complexity index is 1320. The number of carbonyl (C=O) groups is 1. The maximum atomic E-state index is 13.3. The highest BCUT2D eigenvalue weighted by Crippen LogP contribution is 2.49. The standard InChI is InChI=1S/C24H21N5O2/c1-28-22-16-5-2-3-8-20(16)31-24(18(22)15-27-28)9-13-29(14-10-24)23(30)17-6-4-7-19-21(17)26-12-11-25-19/h2-8,11-12,15H,9-10,13-14H2,1H3. The van der Waals surface area contributed by atoms with Crippen molar-refractivity contribution in [2.75, 3.05) is 13.1 Å². The van der Waals surface area contributed by atoms with E-state index in [9.17, 15) is 4.79 Å². The Morgan fingerprint density at radius 3 is 2.71 bits per heavy atom. The summed E-state index contributed by atoms with van der Waals surface area (Å²) >= 11 is 0. The number of nitrogens with zero attached hydrogens (tertiary/aromatic N) is 5. The summed E-state index contributed by atoms with van der Waals surface area (Å²) in [5.74, 6) is 0.867. The number of likely N-dealkylation sites (tertiary alicyclic amines) is 1. The molecule has 1 amide bonds. The van der Waals surface area contributed by atoms with Crippen molar-refractivity contribution in [3.05, 3.63) is 72.2 Å². The maximum absolute atomic E-state index is 13.3. The van der Waals surface area contributed by atoms with Gasteiger partial charge in [-0.2, -0.15) is 5.10 Å². The van der Waals surface area contributed by atoms with Gasteiger partial charge < -0.3 is 9.64 Å². The molecule has 31 heavy (non-hydrogen) atoms. The van der Waals surface area contributed by atoms with E-state index >= 15 is 0 Å². The molecular weight excluding hydrogens is 390 g/mol. The maximum Gasteiger partial charge on any atom is 0.256 e. The van der Waals surface area contributed by atoms with Crippen LogP contribution in [-0.4, -0.2) is 43.6 Å². The fourth-order valence-corrected chi connectivity index (χ4v) is 4.89. The lowest BCUT2D eigenvalue weighted by molar-refractivity contribution is -0.00166. The van der Waals surface area contributed by atoms with Crippen molar-refractivity contribution in [2.24, 2.45) is 7.05 Å². The molecule has 0 unspecified atom stereocenters. The average molecular weight is 411 g/mol. The number of aromatic nitrogens is 4. The fourth-order valence-electron chi connectivity index (χ4n) is 4.89. The number of carbonyl (C=O) groups excluding carboxylic acids is 1. The van der Waals surface area contributed by atoms with E-state index in [0.29, 0.717) is 37.0 Å². The SMILES string of the molecule is Cn1ncc2c1-c1ccccc1OC21CCN(C(=O)c2cccc3nccnc23)CC1. The number of amides is 1. The minimum atomic E-state index is -0.465. The second-order valence-electron chi connectivity index (χ2n) is 8.14. The van der Waals surface area contributed by atoms with Gasteiger partial charge in [-0.3, -0.25) is 19.4 Å². The van der Waals surface area contributed by atoms with Gasteiger partial charge in [0.2, 0.25) is 0 Å². The molecule has 1 fully saturated rings. The van der Waals surface area contributed by atoms with Gasteiger partial charge >= 0.3 is 0 Å². The Labute approximate surface area is 179 Å². The summed E-state index contributed by atoms with van der Waals surface area (Å²) in [4.78, 5) is 23.9. The molecule has 0 radical (unpaired) electrons. The van der Waals surface area contributed by atoms with Gasteiger partial charge in [0.25, 0.3) is 5.91 Å². The third-order valence-corrected chi connectivity index (χ3v) is 6.46. The molecule has 4 aromatic rings. The van der Waals surface area contributed by atoms with E-state index in [1.165, 1.54) is 0 Å². The number of aryl methyl sites for hydroxylation is 1. The molecule has 2 aliphatic rings. The molecule has 7 heteroatoms. The largest absolute Gasteiger partial charge is 0.482 e. The first-order chi connectivity index (χ1) is 15.2. The molecule has 2 aliphatic heterocycles. The van der Waals surface area contributed by atoms with Crippen molar-refractivity contribution >= 4 is 16.9 Å². The minimum Gasteiger partial charge on any atom is -0.482 e. The van der Waals surface area contributed by atoms with E-state index in [1.54, 1.807) is 12.4 Å².